The highest BCUT2D eigenvalue weighted by atomic mass is 32.1. The minimum absolute atomic E-state index is 0.0108. The van der Waals surface area contributed by atoms with Crippen LogP contribution in [0.2, 0.25) is 0 Å². The zero-order chi connectivity index (χ0) is 8.39. The van der Waals surface area contributed by atoms with Crippen molar-refractivity contribution in [3.63, 3.8) is 0 Å². The van der Waals surface area contributed by atoms with Crippen LogP contribution in [-0.4, -0.2) is 24.2 Å². The van der Waals surface area contributed by atoms with Crippen LogP contribution >= 0.6 is 11.3 Å². The lowest BCUT2D eigenvalue weighted by molar-refractivity contribution is -0.00589. The van der Waals surface area contributed by atoms with E-state index in [9.17, 15) is 4.79 Å². The fourth-order valence-electron chi connectivity index (χ4n) is 1.01. The van der Waals surface area contributed by atoms with Crippen molar-refractivity contribution in [2.45, 2.75) is 12.6 Å². The van der Waals surface area contributed by atoms with Crippen LogP contribution in [0.3, 0.4) is 0 Å². The maximum atomic E-state index is 10.7. The number of aromatic nitrogens is 1. The van der Waals surface area contributed by atoms with E-state index in [1.165, 1.54) is 11.3 Å². The summed E-state index contributed by atoms with van der Waals surface area (Å²) < 4.78 is 5.00. The van der Waals surface area contributed by atoms with Crippen molar-refractivity contribution < 1.29 is 4.74 Å². The largest absolute Gasteiger partial charge is 0.378 e. The number of hydrogen-bond acceptors (Lipinski definition) is 4. The van der Waals surface area contributed by atoms with Crippen molar-refractivity contribution in [2.24, 2.45) is 0 Å². The topological polar surface area (TPSA) is 54.1 Å². The van der Waals surface area contributed by atoms with Gasteiger partial charge < -0.3 is 15.0 Å². The van der Waals surface area contributed by atoms with Crippen LogP contribution in [0.1, 0.15) is 5.69 Å². The third kappa shape index (κ3) is 1.74. The van der Waals surface area contributed by atoms with Gasteiger partial charge >= 0.3 is 4.87 Å². The Balaban J connectivity index is 1.82. The molecule has 1 aliphatic rings. The predicted octanol–water partition coefficient (Wildman–Crippen LogP) is -0.0752. The second-order valence-electron chi connectivity index (χ2n) is 2.79. The van der Waals surface area contributed by atoms with Crippen molar-refractivity contribution in [3.8, 4) is 0 Å². The molecule has 2 rings (SSSR count). The van der Waals surface area contributed by atoms with Gasteiger partial charge in [0.25, 0.3) is 0 Å². The summed E-state index contributed by atoms with van der Waals surface area (Å²) in [4.78, 5) is 13.5. The van der Waals surface area contributed by atoms with E-state index in [2.05, 4.69) is 10.3 Å². The first-order valence-corrected chi connectivity index (χ1v) is 4.70. The quantitative estimate of drug-likeness (QED) is 0.694. The first kappa shape index (κ1) is 7.97. The van der Waals surface area contributed by atoms with Crippen LogP contribution < -0.4 is 10.2 Å². The summed E-state index contributed by atoms with van der Waals surface area (Å²) in [5.74, 6) is 0. The standard InChI is InChI=1S/C7H10N2O2S/c10-7-9-5(4-12-7)1-8-6-2-11-3-6/h4,6,8H,1-3H2,(H,9,10). The van der Waals surface area contributed by atoms with Gasteiger partial charge in [-0.25, -0.2) is 0 Å². The molecule has 0 amide bonds. The Morgan fingerprint density at radius 2 is 2.58 bits per heavy atom. The number of hydrogen-bond donors (Lipinski definition) is 2. The van der Waals surface area contributed by atoms with Crippen molar-refractivity contribution in [1.29, 1.82) is 0 Å². The SMILES string of the molecule is O=c1[nH]c(CNC2COC2)cs1. The number of H-pyrrole nitrogens is 1. The van der Waals surface area contributed by atoms with E-state index < -0.39 is 0 Å². The molecular formula is C7H10N2O2S. The van der Waals surface area contributed by atoms with Gasteiger partial charge in [-0.05, 0) is 0 Å². The van der Waals surface area contributed by atoms with Crippen LogP contribution in [0.15, 0.2) is 10.2 Å². The van der Waals surface area contributed by atoms with Gasteiger partial charge in [-0.3, -0.25) is 4.79 Å². The molecule has 2 heterocycles. The molecule has 4 nitrogen and oxygen atoms in total. The van der Waals surface area contributed by atoms with Gasteiger partial charge in [0.05, 0.1) is 19.3 Å². The molecule has 0 atom stereocenters. The lowest BCUT2D eigenvalue weighted by Crippen LogP contribution is -2.45. The van der Waals surface area contributed by atoms with Crippen LogP contribution in [0.25, 0.3) is 0 Å². The zero-order valence-electron chi connectivity index (χ0n) is 6.50. The molecule has 0 bridgehead atoms. The van der Waals surface area contributed by atoms with E-state index in [4.69, 9.17) is 4.74 Å². The fourth-order valence-corrected chi connectivity index (χ4v) is 1.59. The maximum absolute atomic E-state index is 10.7. The Morgan fingerprint density at radius 1 is 1.75 bits per heavy atom. The Labute approximate surface area is 73.6 Å². The van der Waals surface area contributed by atoms with Crippen LogP contribution in [0, 0.1) is 0 Å². The second kappa shape index (κ2) is 3.38. The fraction of sp³-hybridized carbons (Fsp3) is 0.571. The van der Waals surface area contributed by atoms with E-state index in [1.807, 2.05) is 5.38 Å². The average molecular weight is 186 g/mol. The molecule has 1 aromatic rings. The minimum atomic E-state index is 0.0108. The first-order valence-electron chi connectivity index (χ1n) is 3.82. The third-order valence-corrected chi connectivity index (χ3v) is 2.51. The molecule has 5 heteroatoms. The summed E-state index contributed by atoms with van der Waals surface area (Å²) in [7, 11) is 0. The molecule has 0 aromatic carbocycles. The number of thiazole rings is 1. The summed E-state index contributed by atoms with van der Waals surface area (Å²) in [6.45, 7) is 2.30. The Hall–Kier alpha value is -0.650. The highest BCUT2D eigenvalue weighted by Gasteiger charge is 2.16. The monoisotopic (exact) mass is 186 g/mol. The van der Waals surface area contributed by atoms with Crippen LogP contribution in [-0.2, 0) is 11.3 Å². The van der Waals surface area contributed by atoms with Gasteiger partial charge in [-0.2, -0.15) is 0 Å². The van der Waals surface area contributed by atoms with Crippen LogP contribution in [0.4, 0.5) is 0 Å². The van der Waals surface area contributed by atoms with E-state index in [0.717, 1.165) is 25.5 Å². The molecule has 0 unspecified atom stereocenters. The Kier molecular flexibility index (Phi) is 2.25. The van der Waals surface area contributed by atoms with E-state index in [-0.39, 0.29) is 4.87 Å². The van der Waals surface area contributed by atoms with Gasteiger partial charge in [-0.15, -0.1) is 0 Å². The highest BCUT2D eigenvalue weighted by Crippen LogP contribution is 2.01. The molecule has 1 aromatic heterocycles. The Morgan fingerprint density at radius 3 is 3.08 bits per heavy atom. The van der Waals surface area contributed by atoms with Gasteiger partial charge in [0, 0.05) is 17.6 Å². The number of nitrogens with one attached hydrogen (secondary N) is 2. The van der Waals surface area contributed by atoms with Gasteiger partial charge in [-0.1, -0.05) is 11.3 Å². The lowest BCUT2D eigenvalue weighted by Gasteiger charge is -2.26. The molecule has 0 saturated carbocycles. The molecule has 0 spiro atoms. The normalized spacial score (nSPS) is 17.7. The molecule has 1 saturated heterocycles. The molecule has 0 radical (unpaired) electrons. The molecule has 2 N–H and O–H groups in total. The van der Waals surface area contributed by atoms with Gasteiger partial charge in [0.15, 0.2) is 0 Å². The van der Waals surface area contributed by atoms with E-state index in [1.54, 1.807) is 0 Å². The zero-order valence-corrected chi connectivity index (χ0v) is 7.32. The average Bonchev–Trinajstić information content (AvgIpc) is 2.32. The van der Waals surface area contributed by atoms with Crippen molar-refractivity contribution in [3.05, 3.63) is 20.7 Å². The first-order chi connectivity index (χ1) is 5.84. The van der Waals surface area contributed by atoms with Gasteiger partial charge in [0.2, 0.25) is 0 Å². The van der Waals surface area contributed by atoms with Crippen molar-refractivity contribution in [1.82, 2.24) is 10.3 Å². The maximum Gasteiger partial charge on any atom is 0.304 e. The number of rotatable bonds is 3. The lowest BCUT2D eigenvalue weighted by atomic mass is 10.2. The number of aromatic amines is 1. The predicted molar refractivity (Wildman–Crippen MR) is 46.4 cm³/mol. The summed E-state index contributed by atoms with van der Waals surface area (Å²) in [5.41, 5.74) is 0.955. The molecule has 0 aliphatic carbocycles. The Bertz CT molecular complexity index is 302. The molecular weight excluding hydrogens is 176 g/mol. The smallest absolute Gasteiger partial charge is 0.304 e. The summed E-state index contributed by atoms with van der Waals surface area (Å²) in [6.07, 6.45) is 0. The van der Waals surface area contributed by atoms with E-state index >= 15 is 0 Å². The summed E-state index contributed by atoms with van der Waals surface area (Å²) in [6, 6.07) is 0.466. The van der Waals surface area contributed by atoms with Gasteiger partial charge in [0.1, 0.15) is 0 Å². The minimum Gasteiger partial charge on any atom is -0.378 e. The van der Waals surface area contributed by atoms with Crippen molar-refractivity contribution >= 4 is 11.3 Å². The summed E-state index contributed by atoms with van der Waals surface area (Å²) >= 11 is 1.20. The highest BCUT2D eigenvalue weighted by molar-refractivity contribution is 7.07. The van der Waals surface area contributed by atoms with E-state index in [0.29, 0.717) is 6.04 Å². The third-order valence-electron chi connectivity index (χ3n) is 1.79. The second-order valence-corrected chi connectivity index (χ2v) is 3.63. The molecule has 1 aliphatic heterocycles. The van der Waals surface area contributed by atoms with Crippen molar-refractivity contribution in [2.75, 3.05) is 13.2 Å². The number of ether oxygens (including phenoxy) is 1. The summed E-state index contributed by atoms with van der Waals surface area (Å²) in [5, 5.41) is 5.10. The van der Waals surface area contributed by atoms with Crippen LogP contribution in [0.5, 0.6) is 0 Å². The molecule has 1 fully saturated rings. The molecule has 66 valence electrons. The molecule has 12 heavy (non-hydrogen) atoms.